The lowest BCUT2D eigenvalue weighted by Crippen LogP contribution is -2.33. The Morgan fingerprint density at radius 1 is 1.37 bits per heavy atom. The van der Waals surface area contributed by atoms with Gasteiger partial charge >= 0.3 is 0 Å². The number of imidazole rings is 1. The van der Waals surface area contributed by atoms with Gasteiger partial charge in [-0.1, -0.05) is 13.8 Å². The minimum absolute atomic E-state index is 0.536. The third-order valence-electron chi connectivity index (χ3n) is 4.50. The van der Waals surface area contributed by atoms with Crippen LogP contribution in [0.1, 0.15) is 50.9 Å². The molecule has 0 spiro atoms. The molecule has 0 aromatic carbocycles. The molecule has 1 aromatic rings. The Morgan fingerprint density at radius 3 is 2.84 bits per heavy atom. The minimum Gasteiger partial charge on any atom is -0.330 e. The molecule has 4 nitrogen and oxygen atoms in total. The summed E-state index contributed by atoms with van der Waals surface area (Å²) in [6.45, 7) is 6.76. The molecule has 1 saturated carbocycles. The molecule has 2 heterocycles. The summed E-state index contributed by atoms with van der Waals surface area (Å²) >= 11 is 0. The molecule has 1 aliphatic carbocycles. The van der Waals surface area contributed by atoms with Crippen molar-refractivity contribution in [3.8, 4) is 0 Å². The molecule has 1 N–H and O–H groups in total. The van der Waals surface area contributed by atoms with Crippen molar-refractivity contribution in [1.82, 2.24) is 19.8 Å². The molecule has 2 unspecified atom stereocenters. The molecule has 2 aliphatic rings. The number of aromatic nitrogens is 2. The maximum absolute atomic E-state index is 4.41. The van der Waals surface area contributed by atoms with E-state index < -0.39 is 0 Å². The van der Waals surface area contributed by atoms with Crippen LogP contribution in [0.2, 0.25) is 0 Å². The predicted molar refractivity (Wildman–Crippen MR) is 77.1 cm³/mol. The summed E-state index contributed by atoms with van der Waals surface area (Å²) in [4.78, 5) is 6.91. The highest BCUT2D eigenvalue weighted by atomic mass is 15.2. The maximum atomic E-state index is 4.41. The lowest BCUT2D eigenvalue weighted by atomic mass is 9.97. The zero-order valence-corrected chi connectivity index (χ0v) is 12.3. The molecule has 1 aliphatic heterocycles. The van der Waals surface area contributed by atoms with E-state index in [1.165, 1.54) is 31.5 Å². The van der Waals surface area contributed by atoms with Crippen molar-refractivity contribution >= 4 is 0 Å². The van der Waals surface area contributed by atoms with E-state index in [2.05, 4.69) is 46.9 Å². The monoisotopic (exact) mass is 262 g/mol. The number of hydrogen-bond acceptors (Lipinski definition) is 3. The average molecular weight is 262 g/mol. The van der Waals surface area contributed by atoms with Crippen LogP contribution < -0.4 is 5.32 Å². The van der Waals surface area contributed by atoms with E-state index in [9.17, 15) is 0 Å². The first-order valence-corrected chi connectivity index (χ1v) is 7.62. The molecule has 1 saturated heterocycles. The fourth-order valence-corrected chi connectivity index (χ4v) is 3.30. The molecule has 2 fully saturated rings. The number of nitrogens with one attached hydrogen (secondary N) is 1. The molecular formula is C15H26N4. The van der Waals surface area contributed by atoms with E-state index in [-0.39, 0.29) is 0 Å². The fraction of sp³-hybridized carbons (Fsp3) is 0.800. The summed E-state index contributed by atoms with van der Waals surface area (Å²) < 4.78 is 2.43. The molecule has 2 atom stereocenters. The van der Waals surface area contributed by atoms with Gasteiger partial charge in [-0.25, -0.2) is 4.98 Å². The van der Waals surface area contributed by atoms with Gasteiger partial charge in [0.25, 0.3) is 0 Å². The first kappa shape index (κ1) is 13.1. The lowest BCUT2D eigenvalue weighted by Gasteiger charge is -2.27. The van der Waals surface area contributed by atoms with Gasteiger partial charge in [-0.3, -0.25) is 4.90 Å². The zero-order chi connectivity index (χ0) is 13.4. The van der Waals surface area contributed by atoms with E-state index in [0.717, 1.165) is 12.6 Å². The molecule has 0 amide bonds. The van der Waals surface area contributed by atoms with Crippen LogP contribution in [-0.4, -0.2) is 40.6 Å². The summed E-state index contributed by atoms with van der Waals surface area (Å²) in [5, 5.41) is 3.61. The third kappa shape index (κ3) is 2.70. The van der Waals surface area contributed by atoms with Crippen molar-refractivity contribution in [2.75, 3.05) is 20.1 Å². The summed E-state index contributed by atoms with van der Waals surface area (Å²) in [6.07, 6.45) is 8.07. The maximum Gasteiger partial charge on any atom is 0.0951 e. The summed E-state index contributed by atoms with van der Waals surface area (Å²) in [7, 11) is 2.25. The summed E-state index contributed by atoms with van der Waals surface area (Å²) in [5.41, 5.74) is 1.43. The molecule has 19 heavy (non-hydrogen) atoms. The van der Waals surface area contributed by atoms with Crippen molar-refractivity contribution < 1.29 is 0 Å². The molecule has 0 radical (unpaired) electrons. The first-order valence-electron chi connectivity index (χ1n) is 7.62. The Labute approximate surface area is 116 Å². The highest BCUT2D eigenvalue weighted by Crippen LogP contribution is 2.41. The van der Waals surface area contributed by atoms with Crippen LogP contribution in [-0.2, 0) is 0 Å². The number of nitrogens with zero attached hydrogens (tertiary/aromatic N) is 3. The summed E-state index contributed by atoms with van der Waals surface area (Å²) in [5.74, 6) is 0.710. The van der Waals surface area contributed by atoms with Crippen molar-refractivity contribution in [3.05, 3.63) is 18.2 Å². The van der Waals surface area contributed by atoms with E-state index in [0.29, 0.717) is 18.0 Å². The van der Waals surface area contributed by atoms with Gasteiger partial charge in [-0.15, -0.1) is 0 Å². The van der Waals surface area contributed by atoms with Gasteiger partial charge in [0.1, 0.15) is 0 Å². The van der Waals surface area contributed by atoms with E-state index in [4.69, 9.17) is 0 Å². The second kappa shape index (κ2) is 5.25. The highest BCUT2D eigenvalue weighted by Gasteiger charge is 2.37. The Morgan fingerprint density at radius 2 is 2.16 bits per heavy atom. The Hall–Kier alpha value is -0.870. The number of hydrogen-bond donors (Lipinski definition) is 1. The second-order valence-electron chi connectivity index (χ2n) is 6.49. The first-order chi connectivity index (χ1) is 9.16. The third-order valence-corrected chi connectivity index (χ3v) is 4.50. The average Bonchev–Trinajstić information content (AvgIpc) is 2.99. The van der Waals surface area contributed by atoms with Gasteiger partial charge in [0.15, 0.2) is 0 Å². The van der Waals surface area contributed by atoms with Crippen molar-refractivity contribution in [1.29, 1.82) is 0 Å². The van der Waals surface area contributed by atoms with Crippen molar-refractivity contribution in [2.45, 2.75) is 51.2 Å². The van der Waals surface area contributed by atoms with Gasteiger partial charge < -0.3 is 9.88 Å². The topological polar surface area (TPSA) is 33.1 Å². The van der Waals surface area contributed by atoms with Crippen LogP contribution in [0.4, 0.5) is 0 Å². The number of rotatable bonds is 5. The van der Waals surface area contributed by atoms with Crippen LogP contribution >= 0.6 is 0 Å². The van der Waals surface area contributed by atoms with Gasteiger partial charge in [0.05, 0.1) is 18.1 Å². The van der Waals surface area contributed by atoms with Crippen LogP contribution in [0, 0.1) is 5.92 Å². The Balaban J connectivity index is 1.77. The minimum atomic E-state index is 0.536. The molecular weight excluding hydrogens is 236 g/mol. The quantitative estimate of drug-likeness (QED) is 0.883. The molecule has 4 heteroatoms. The van der Waals surface area contributed by atoms with E-state index in [1.54, 1.807) is 0 Å². The molecule has 106 valence electrons. The Bertz CT molecular complexity index is 422. The molecule has 3 rings (SSSR count). The Kier molecular flexibility index (Phi) is 3.63. The molecule has 1 aromatic heterocycles. The van der Waals surface area contributed by atoms with Crippen LogP contribution in [0.25, 0.3) is 0 Å². The predicted octanol–water partition coefficient (Wildman–Crippen LogP) is 2.21. The number of likely N-dealkylation sites (tertiary alicyclic amines) is 1. The van der Waals surface area contributed by atoms with Crippen molar-refractivity contribution in [2.24, 2.45) is 5.92 Å². The van der Waals surface area contributed by atoms with Crippen LogP contribution in [0.3, 0.4) is 0 Å². The van der Waals surface area contributed by atoms with Gasteiger partial charge in [0.2, 0.25) is 0 Å². The second-order valence-corrected chi connectivity index (χ2v) is 6.49. The lowest BCUT2D eigenvalue weighted by molar-refractivity contribution is 0.257. The van der Waals surface area contributed by atoms with Gasteiger partial charge in [0, 0.05) is 24.8 Å². The van der Waals surface area contributed by atoms with E-state index in [1.807, 2.05) is 6.33 Å². The SMILES string of the molecule is CC(C)NCC1CCN(C)C1c1cncn1C1CC1. The van der Waals surface area contributed by atoms with Crippen LogP contribution in [0.15, 0.2) is 12.5 Å². The van der Waals surface area contributed by atoms with Gasteiger partial charge in [-0.05, 0) is 38.8 Å². The van der Waals surface area contributed by atoms with Crippen LogP contribution in [0.5, 0.6) is 0 Å². The fourth-order valence-electron chi connectivity index (χ4n) is 3.30. The van der Waals surface area contributed by atoms with E-state index >= 15 is 0 Å². The van der Waals surface area contributed by atoms with Crippen molar-refractivity contribution in [3.63, 3.8) is 0 Å². The highest BCUT2D eigenvalue weighted by molar-refractivity contribution is 5.13. The normalized spacial score (nSPS) is 28.4. The smallest absolute Gasteiger partial charge is 0.0951 e. The largest absolute Gasteiger partial charge is 0.330 e. The zero-order valence-electron chi connectivity index (χ0n) is 12.3. The van der Waals surface area contributed by atoms with Gasteiger partial charge in [-0.2, -0.15) is 0 Å². The summed E-state index contributed by atoms with van der Waals surface area (Å²) in [6, 6.07) is 1.83. The standard InChI is InChI=1S/C15H26N4/c1-11(2)17-8-12-6-7-18(3)15(12)14-9-16-10-19(14)13-4-5-13/h9-13,15,17H,4-8H2,1-3H3. The molecule has 0 bridgehead atoms.